The lowest BCUT2D eigenvalue weighted by Gasteiger charge is -2.18. The zero-order chi connectivity index (χ0) is 18.8. The molecule has 2 aromatic rings. The highest BCUT2D eigenvalue weighted by molar-refractivity contribution is 6.42. The number of benzene rings is 2. The fourth-order valence-corrected chi connectivity index (χ4v) is 2.91. The quantitative estimate of drug-likeness (QED) is 0.567. The molecule has 0 bridgehead atoms. The molecule has 8 heteroatoms. The van der Waals surface area contributed by atoms with E-state index >= 15 is 0 Å². The van der Waals surface area contributed by atoms with E-state index in [1.165, 1.54) is 11.0 Å². The molecule has 1 aliphatic carbocycles. The second-order valence-electron chi connectivity index (χ2n) is 6.32. The van der Waals surface area contributed by atoms with Crippen LogP contribution < -0.4 is 5.32 Å². The lowest BCUT2D eigenvalue weighted by Crippen LogP contribution is -2.26. The van der Waals surface area contributed by atoms with E-state index < -0.39 is 4.92 Å². The highest BCUT2D eigenvalue weighted by Gasteiger charge is 2.26. The normalized spacial score (nSPS) is 13.3. The van der Waals surface area contributed by atoms with Gasteiger partial charge in [-0.05, 0) is 42.7 Å². The first-order valence-corrected chi connectivity index (χ1v) is 8.85. The van der Waals surface area contributed by atoms with Crippen LogP contribution in [0.25, 0.3) is 0 Å². The number of nitrogens with zero attached hydrogens (tertiary/aromatic N) is 2. The van der Waals surface area contributed by atoms with Gasteiger partial charge in [0.25, 0.3) is 11.6 Å². The molecule has 1 amide bonds. The number of carbonyl (C=O) groups excluding carboxylic acids is 1. The summed E-state index contributed by atoms with van der Waals surface area (Å²) in [5.41, 5.74) is 1.43. The molecule has 0 unspecified atom stereocenters. The molecule has 1 saturated carbocycles. The number of halogens is 2. The first-order valence-electron chi connectivity index (χ1n) is 8.09. The monoisotopic (exact) mass is 393 g/mol. The summed E-state index contributed by atoms with van der Waals surface area (Å²) in [6.45, 7) is 0.311. The van der Waals surface area contributed by atoms with Gasteiger partial charge in [-0.25, -0.2) is 0 Å². The zero-order valence-corrected chi connectivity index (χ0v) is 15.5. The molecule has 1 N–H and O–H groups in total. The van der Waals surface area contributed by atoms with Crippen LogP contribution in [0.1, 0.15) is 28.8 Å². The number of hydrogen-bond donors (Lipinski definition) is 1. The molecule has 0 saturated heterocycles. The summed E-state index contributed by atoms with van der Waals surface area (Å²) < 4.78 is 0. The minimum atomic E-state index is -0.472. The maximum Gasteiger partial charge on any atom is 0.293 e. The van der Waals surface area contributed by atoms with Crippen LogP contribution in [0.15, 0.2) is 36.4 Å². The molecule has 0 spiro atoms. The molecule has 0 atom stereocenters. The summed E-state index contributed by atoms with van der Waals surface area (Å²) in [4.78, 5) is 25.0. The van der Waals surface area contributed by atoms with Crippen molar-refractivity contribution in [2.24, 2.45) is 0 Å². The summed E-state index contributed by atoms with van der Waals surface area (Å²) in [6.07, 6.45) is 2.01. The summed E-state index contributed by atoms with van der Waals surface area (Å²) in [7, 11) is 1.63. The van der Waals surface area contributed by atoms with Gasteiger partial charge in [-0.2, -0.15) is 0 Å². The van der Waals surface area contributed by atoms with Crippen LogP contribution in [-0.2, 0) is 6.54 Å². The zero-order valence-electron chi connectivity index (χ0n) is 14.0. The number of carbonyl (C=O) groups is 1. The average Bonchev–Trinajstić information content (AvgIpc) is 3.41. The fraction of sp³-hybridized carbons (Fsp3) is 0.278. The molecule has 1 aliphatic rings. The van der Waals surface area contributed by atoms with Crippen LogP contribution in [-0.4, -0.2) is 28.8 Å². The van der Waals surface area contributed by atoms with Gasteiger partial charge in [0.15, 0.2) is 0 Å². The molecular formula is C18H17Cl2N3O3. The minimum Gasteiger partial charge on any atom is -0.377 e. The predicted molar refractivity (Wildman–Crippen MR) is 102 cm³/mol. The maximum atomic E-state index is 12.6. The van der Waals surface area contributed by atoms with Crippen LogP contribution in [0.5, 0.6) is 0 Å². The van der Waals surface area contributed by atoms with Gasteiger partial charge in [-0.1, -0.05) is 29.3 Å². The number of anilines is 1. The van der Waals surface area contributed by atoms with E-state index in [0.717, 1.165) is 18.4 Å². The molecule has 26 heavy (non-hydrogen) atoms. The van der Waals surface area contributed by atoms with Crippen molar-refractivity contribution in [3.05, 3.63) is 67.7 Å². The smallest absolute Gasteiger partial charge is 0.293 e. The highest BCUT2D eigenvalue weighted by atomic mass is 35.5. The van der Waals surface area contributed by atoms with Gasteiger partial charge in [0, 0.05) is 31.3 Å². The number of nitro groups is 1. The maximum absolute atomic E-state index is 12.6. The van der Waals surface area contributed by atoms with Gasteiger partial charge in [0.2, 0.25) is 0 Å². The Morgan fingerprint density at radius 2 is 1.96 bits per heavy atom. The average molecular weight is 394 g/mol. The Balaban J connectivity index is 1.78. The van der Waals surface area contributed by atoms with Crippen molar-refractivity contribution in [2.75, 3.05) is 12.4 Å². The molecule has 3 rings (SSSR count). The molecule has 0 heterocycles. The molecule has 6 nitrogen and oxygen atoms in total. The van der Waals surface area contributed by atoms with Crippen molar-refractivity contribution < 1.29 is 9.72 Å². The lowest BCUT2D eigenvalue weighted by atomic mass is 10.1. The number of amides is 1. The molecule has 0 aromatic heterocycles. The van der Waals surface area contributed by atoms with Crippen molar-refractivity contribution in [3.8, 4) is 0 Å². The van der Waals surface area contributed by atoms with Gasteiger partial charge >= 0.3 is 0 Å². The number of hydrogen-bond acceptors (Lipinski definition) is 4. The van der Waals surface area contributed by atoms with E-state index in [1.54, 1.807) is 37.4 Å². The Kier molecular flexibility index (Phi) is 5.34. The van der Waals surface area contributed by atoms with E-state index in [1.807, 2.05) is 0 Å². The first kappa shape index (κ1) is 18.5. The number of rotatable bonds is 6. The van der Waals surface area contributed by atoms with E-state index in [-0.39, 0.29) is 23.2 Å². The van der Waals surface area contributed by atoms with Crippen molar-refractivity contribution in [3.63, 3.8) is 0 Å². The Morgan fingerprint density at radius 1 is 1.23 bits per heavy atom. The summed E-state index contributed by atoms with van der Waals surface area (Å²) in [5, 5.41) is 15.3. The molecule has 2 aromatic carbocycles. The molecular weight excluding hydrogens is 377 g/mol. The van der Waals surface area contributed by atoms with Crippen LogP contribution in [0.2, 0.25) is 10.0 Å². The Bertz CT molecular complexity index is 869. The van der Waals surface area contributed by atoms with Gasteiger partial charge in [-0.15, -0.1) is 0 Å². The summed E-state index contributed by atoms with van der Waals surface area (Å²) in [6, 6.07) is 9.94. The number of nitrogens with one attached hydrogen (secondary N) is 1. The highest BCUT2D eigenvalue weighted by Crippen LogP contribution is 2.32. The third-order valence-corrected chi connectivity index (χ3v) is 4.87. The van der Waals surface area contributed by atoms with Crippen molar-refractivity contribution in [1.82, 2.24) is 4.90 Å². The van der Waals surface area contributed by atoms with Crippen molar-refractivity contribution in [2.45, 2.75) is 25.4 Å². The molecule has 136 valence electrons. The standard InChI is InChI=1S/C18H17Cl2N3O3/c1-22(10-11-2-6-14(19)15(20)8-11)18(24)12-3-7-16(21-13-4-5-13)17(9-12)23(25)26/h2-3,6-9,13,21H,4-5,10H2,1H3. The second-order valence-corrected chi connectivity index (χ2v) is 7.13. The topological polar surface area (TPSA) is 75.5 Å². The van der Waals surface area contributed by atoms with Gasteiger partial charge in [0.1, 0.15) is 5.69 Å². The Labute approximate surface area is 160 Å². The van der Waals surface area contributed by atoms with E-state index in [9.17, 15) is 14.9 Å². The van der Waals surface area contributed by atoms with E-state index in [4.69, 9.17) is 23.2 Å². The molecule has 0 radical (unpaired) electrons. The van der Waals surface area contributed by atoms with Gasteiger partial charge < -0.3 is 10.2 Å². The lowest BCUT2D eigenvalue weighted by molar-refractivity contribution is -0.384. The summed E-state index contributed by atoms with van der Waals surface area (Å²) >= 11 is 11.9. The van der Waals surface area contributed by atoms with Gasteiger partial charge in [-0.3, -0.25) is 14.9 Å². The van der Waals surface area contributed by atoms with Gasteiger partial charge in [0.05, 0.1) is 15.0 Å². The first-order chi connectivity index (χ1) is 12.3. The largest absolute Gasteiger partial charge is 0.377 e. The van der Waals surface area contributed by atoms with Crippen LogP contribution in [0.4, 0.5) is 11.4 Å². The summed E-state index contributed by atoms with van der Waals surface area (Å²) in [5.74, 6) is -0.308. The van der Waals surface area contributed by atoms with E-state index in [2.05, 4.69) is 5.32 Å². The van der Waals surface area contributed by atoms with Crippen LogP contribution >= 0.6 is 23.2 Å². The van der Waals surface area contributed by atoms with Crippen LogP contribution in [0.3, 0.4) is 0 Å². The van der Waals surface area contributed by atoms with Crippen molar-refractivity contribution >= 4 is 40.5 Å². The molecule has 1 fully saturated rings. The van der Waals surface area contributed by atoms with Crippen molar-refractivity contribution in [1.29, 1.82) is 0 Å². The van der Waals surface area contributed by atoms with Crippen LogP contribution in [0, 0.1) is 10.1 Å². The minimum absolute atomic E-state index is 0.0920. The Morgan fingerprint density at radius 3 is 2.58 bits per heavy atom. The van der Waals surface area contributed by atoms with E-state index in [0.29, 0.717) is 22.3 Å². The fourth-order valence-electron chi connectivity index (χ4n) is 2.59. The Hall–Kier alpha value is -2.31. The SMILES string of the molecule is CN(Cc1ccc(Cl)c(Cl)c1)C(=O)c1ccc(NC2CC2)c([N+](=O)[O-])c1. The predicted octanol–water partition coefficient (Wildman–Crippen LogP) is 4.75. The third-order valence-electron chi connectivity index (χ3n) is 4.13. The number of nitro benzene ring substituents is 1. The third kappa shape index (κ3) is 4.26. The molecule has 0 aliphatic heterocycles. The second kappa shape index (κ2) is 7.51.